The van der Waals surface area contributed by atoms with E-state index in [2.05, 4.69) is 0 Å². The van der Waals surface area contributed by atoms with Crippen molar-refractivity contribution < 1.29 is 19.1 Å². The summed E-state index contributed by atoms with van der Waals surface area (Å²) in [5, 5.41) is 0.877. The summed E-state index contributed by atoms with van der Waals surface area (Å²) >= 11 is 13.2. The zero-order valence-corrected chi connectivity index (χ0v) is 16.2. The van der Waals surface area contributed by atoms with E-state index in [-0.39, 0.29) is 18.3 Å². The van der Waals surface area contributed by atoms with Crippen LogP contribution in [0.1, 0.15) is 14.5 Å². The van der Waals surface area contributed by atoms with E-state index in [1.165, 1.54) is 11.3 Å². The third kappa shape index (κ3) is 4.98. The largest absolute Gasteiger partial charge is 0.484 e. The Labute approximate surface area is 165 Å². The van der Waals surface area contributed by atoms with Gasteiger partial charge in [0.25, 0.3) is 0 Å². The number of benzene rings is 1. The van der Waals surface area contributed by atoms with Gasteiger partial charge in [0.1, 0.15) is 5.75 Å². The molecule has 1 saturated heterocycles. The molecule has 0 atom stereocenters. The molecule has 0 aliphatic carbocycles. The van der Waals surface area contributed by atoms with Crippen molar-refractivity contribution in [2.75, 3.05) is 32.9 Å². The molecule has 138 valence electrons. The molecule has 8 heteroatoms. The number of nitrogens with zero attached hydrogens (tertiary/aromatic N) is 1. The summed E-state index contributed by atoms with van der Waals surface area (Å²) in [4.78, 5) is 27.8. The summed E-state index contributed by atoms with van der Waals surface area (Å²) in [6.07, 6.45) is 0.291. The van der Waals surface area contributed by atoms with Crippen molar-refractivity contribution in [2.24, 2.45) is 0 Å². The van der Waals surface area contributed by atoms with Crippen LogP contribution < -0.4 is 4.74 Å². The molecule has 0 unspecified atom stereocenters. The van der Waals surface area contributed by atoms with Crippen molar-refractivity contribution in [3.05, 3.63) is 50.1 Å². The number of ether oxygens (including phenoxy) is 2. The Balaban J connectivity index is 1.55. The lowest BCUT2D eigenvalue weighted by Crippen LogP contribution is -2.41. The van der Waals surface area contributed by atoms with Crippen molar-refractivity contribution in [3.63, 3.8) is 0 Å². The molecule has 26 heavy (non-hydrogen) atoms. The predicted octanol–water partition coefficient (Wildman–Crippen LogP) is 3.72. The molecule has 1 aliphatic heterocycles. The fourth-order valence-corrected chi connectivity index (χ4v) is 3.76. The second kappa shape index (κ2) is 8.86. The highest BCUT2D eigenvalue weighted by Crippen LogP contribution is 2.28. The fraction of sp³-hybridized carbons (Fsp3) is 0.333. The number of hydrogen-bond donors (Lipinski definition) is 0. The number of morpholine rings is 1. The van der Waals surface area contributed by atoms with Gasteiger partial charge in [0.2, 0.25) is 11.7 Å². The minimum absolute atomic E-state index is 0.0520. The standard InChI is InChI=1S/C18H17Cl2NO4S/c19-12-1-3-14(20)16(9-12)25-11-15(22)17-4-2-13(26-17)10-18(23)21-5-7-24-8-6-21/h1-4,9H,5-8,10-11H2. The van der Waals surface area contributed by atoms with Crippen molar-refractivity contribution >= 4 is 46.2 Å². The lowest BCUT2D eigenvalue weighted by Gasteiger charge is -2.26. The quantitative estimate of drug-likeness (QED) is 0.677. The highest BCUT2D eigenvalue weighted by molar-refractivity contribution is 7.14. The second-order valence-electron chi connectivity index (χ2n) is 5.72. The van der Waals surface area contributed by atoms with Crippen LogP contribution in [-0.2, 0) is 16.0 Å². The van der Waals surface area contributed by atoms with Crippen molar-refractivity contribution in [2.45, 2.75) is 6.42 Å². The van der Waals surface area contributed by atoms with E-state index in [1.54, 1.807) is 29.2 Å². The van der Waals surface area contributed by atoms with E-state index in [0.29, 0.717) is 53.4 Å². The molecule has 1 aromatic carbocycles. The van der Waals surface area contributed by atoms with Crippen molar-refractivity contribution in [1.29, 1.82) is 0 Å². The van der Waals surface area contributed by atoms with Crippen molar-refractivity contribution in [3.8, 4) is 5.75 Å². The van der Waals surface area contributed by atoms with Gasteiger partial charge in [0.15, 0.2) is 6.61 Å². The zero-order chi connectivity index (χ0) is 18.5. The Bertz CT molecular complexity index is 802. The molecule has 0 N–H and O–H groups in total. The Kier molecular flexibility index (Phi) is 6.53. The lowest BCUT2D eigenvalue weighted by atomic mass is 10.2. The van der Waals surface area contributed by atoms with Crippen LogP contribution in [0.15, 0.2) is 30.3 Å². The molecule has 5 nitrogen and oxygen atoms in total. The number of Topliss-reactive ketones (excluding diaryl/α,β-unsaturated/α-hetero) is 1. The lowest BCUT2D eigenvalue weighted by molar-refractivity contribution is -0.134. The van der Waals surface area contributed by atoms with Gasteiger partial charge in [-0.2, -0.15) is 0 Å². The normalized spacial score (nSPS) is 14.3. The van der Waals surface area contributed by atoms with Gasteiger partial charge >= 0.3 is 0 Å². The third-order valence-corrected chi connectivity index (χ3v) is 5.55. The molecule has 0 bridgehead atoms. The van der Waals surface area contributed by atoms with E-state index in [1.807, 2.05) is 6.07 Å². The summed E-state index contributed by atoms with van der Waals surface area (Å²) < 4.78 is 10.7. The monoisotopic (exact) mass is 413 g/mol. The number of amides is 1. The van der Waals surface area contributed by atoms with Gasteiger partial charge in [-0.3, -0.25) is 9.59 Å². The molecule has 1 aliphatic rings. The number of rotatable bonds is 6. The molecule has 1 amide bonds. The maximum Gasteiger partial charge on any atom is 0.227 e. The second-order valence-corrected chi connectivity index (χ2v) is 7.73. The van der Waals surface area contributed by atoms with E-state index < -0.39 is 0 Å². The zero-order valence-electron chi connectivity index (χ0n) is 13.9. The Morgan fingerprint density at radius 2 is 1.92 bits per heavy atom. The van der Waals surface area contributed by atoms with Gasteiger partial charge in [-0.25, -0.2) is 0 Å². The topological polar surface area (TPSA) is 55.8 Å². The fourth-order valence-electron chi connectivity index (χ4n) is 2.50. The molecule has 2 aromatic rings. The van der Waals surface area contributed by atoms with Gasteiger partial charge in [-0.1, -0.05) is 23.2 Å². The van der Waals surface area contributed by atoms with Gasteiger partial charge in [0.05, 0.1) is 29.5 Å². The number of carbonyl (C=O) groups excluding carboxylic acids is 2. The molecule has 0 radical (unpaired) electrons. The minimum atomic E-state index is -0.170. The highest BCUT2D eigenvalue weighted by Gasteiger charge is 2.19. The maximum atomic E-state index is 12.3. The minimum Gasteiger partial charge on any atom is -0.484 e. The molecular formula is C18H17Cl2NO4S. The number of halogens is 2. The van der Waals surface area contributed by atoms with Crippen LogP contribution in [0, 0.1) is 0 Å². The van der Waals surface area contributed by atoms with E-state index in [4.69, 9.17) is 32.7 Å². The average molecular weight is 414 g/mol. The van der Waals surface area contributed by atoms with Gasteiger partial charge < -0.3 is 14.4 Å². The first-order valence-electron chi connectivity index (χ1n) is 8.08. The van der Waals surface area contributed by atoms with E-state index in [9.17, 15) is 9.59 Å². The Morgan fingerprint density at radius 1 is 1.15 bits per heavy atom. The summed E-state index contributed by atoms with van der Waals surface area (Å²) in [6, 6.07) is 8.36. The first-order valence-corrected chi connectivity index (χ1v) is 9.65. The smallest absolute Gasteiger partial charge is 0.227 e. The van der Waals surface area contributed by atoms with Crippen LogP contribution in [-0.4, -0.2) is 49.5 Å². The molecule has 3 rings (SSSR count). The first kappa shape index (κ1) is 19.2. The molecule has 1 aromatic heterocycles. The highest BCUT2D eigenvalue weighted by atomic mass is 35.5. The van der Waals surface area contributed by atoms with Crippen LogP contribution in [0.5, 0.6) is 5.75 Å². The maximum absolute atomic E-state index is 12.3. The number of hydrogen-bond acceptors (Lipinski definition) is 5. The molecule has 0 spiro atoms. The summed E-state index contributed by atoms with van der Waals surface area (Å²) in [6.45, 7) is 2.23. The van der Waals surface area contributed by atoms with Crippen LogP contribution in [0.3, 0.4) is 0 Å². The third-order valence-electron chi connectivity index (χ3n) is 3.88. The van der Waals surface area contributed by atoms with E-state index >= 15 is 0 Å². The molecule has 0 saturated carbocycles. The predicted molar refractivity (Wildman–Crippen MR) is 102 cm³/mol. The van der Waals surface area contributed by atoms with Crippen LogP contribution in [0.4, 0.5) is 0 Å². The first-order chi connectivity index (χ1) is 12.5. The molecule has 2 heterocycles. The number of thiophene rings is 1. The van der Waals surface area contributed by atoms with Crippen LogP contribution in [0.25, 0.3) is 0 Å². The summed E-state index contributed by atoms with van der Waals surface area (Å²) in [5.41, 5.74) is 0. The number of ketones is 1. The van der Waals surface area contributed by atoms with Gasteiger partial charge in [0, 0.05) is 29.1 Å². The van der Waals surface area contributed by atoms with Crippen molar-refractivity contribution in [1.82, 2.24) is 4.90 Å². The summed E-state index contributed by atoms with van der Waals surface area (Å²) in [7, 11) is 0. The Morgan fingerprint density at radius 3 is 2.69 bits per heavy atom. The molecular weight excluding hydrogens is 397 g/mol. The SMILES string of the molecule is O=C(COc1cc(Cl)ccc1Cl)c1ccc(CC(=O)N2CCOCC2)s1. The molecule has 1 fully saturated rings. The summed E-state index contributed by atoms with van der Waals surface area (Å²) in [5.74, 6) is 0.249. The van der Waals surface area contributed by atoms with E-state index in [0.717, 1.165) is 4.88 Å². The Hall–Kier alpha value is -1.60. The van der Waals surface area contributed by atoms with Crippen LogP contribution >= 0.6 is 34.5 Å². The van der Waals surface area contributed by atoms with Crippen LogP contribution in [0.2, 0.25) is 10.0 Å². The van der Waals surface area contributed by atoms with Gasteiger partial charge in [-0.15, -0.1) is 11.3 Å². The van der Waals surface area contributed by atoms with Gasteiger partial charge in [-0.05, 0) is 24.3 Å². The number of carbonyl (C=O) groups is 2. The average Bonchev–Trinajstić information content (AvgIpc) is 3.11.